The van der Waals surface area contributed by atoms with Crippen LogP contribution in [0.15, 0.2) is 80.4 Å². The Kier molecular flexibility index (Phi) is 5.13. The molecule has 5 aromatic rings. The van der Waals surface area contributed by atoms with Crippen LogP contribution in [0.2, 0.25) is 0 Å². The molecule has 0 radical (unpaired) electrons. The predicted molar refractivity (Wildman–Crippen MR) is 119 cm³/mol. The fourth-order valence-electron chi connectivity index (χ4n) is 3.14. The van der Waals surface area contributed by atoms with E-state index in [-0.39, 0.29) is 16.5 Å². The van der Waals surface area contributed by atoms with Crippen molar-refractivity contribution in [3.05, 3.63) is 88.1 Å². The maximum atomic E-state index is 14.6. The predicted octanol–water partition coefficient (Wildman–Crippen LogP) is 5.49. The zero-order valence-electron chi connectivity index (χ0n) is 16.2. The van der Waals surface area contributed by atoms with E-state index in [1.807, 2.05) is 30.5 Å². The Morgan fingerprint density at radius 1 is 1.06 bits per heavy atom. The van der Waals surface area contributed by atoms with E-state index in [2.05, 4.69) is 15.2 Å². The standard InChI is InChI=1S/C22H15FN4O2S2/c1-13(19-25-26-20(29-19)18-11-6-12-30-18)31-22-24-16-9-4-2-7-14(16)21(28)27(22)17-10-5-3-8-15(17)23/h2-13H,1H3/t13-/m0/s1. The summed E-state index contributed by atoms with van der Waals surface area (Å²) >= 11 is 2.77. The lowest BCUT2D eigenvalue weighted by molar-refractivity contribution is 0.509. The molecule has 0 saturated heterocycles. The lowest BCUT2D eigenvalue weighted by Crippen LogP contribution is -2.22. The first kappa shape index (κ1) is 19.7. The van der Waals surface area contributed by atoms with Crippen LogP contribution in [0.1, 0.15) is 18.1 Å². The number of benzene rings is 2. The number of aromatic nitrogens is 4. The number of nitrogens with zero attached hydrogens (tertiary/aromatic N) is 4. The lowest BCUT2D eigenvalue weighted by atomic mass is 10.2. The highest BCUT2D eigenvalue weighted by Crippen LogP contribution is 2.36. The van der Waals surface area contributed by atoms with Gasteiger partial charge >= 0.3 is 0 Å². The van der Waals surface area contributed by atoms with Crippen LogP contribution in [-0.4, -0.2) is 19.7 Å². The van der Waals surface area contributed by atoms with Crippen LogP contribution in [0.25, 0.3) is 27.4 Å². The first-order valence-corrected chi connectivity index (χ1v) is 11.2. The SMILES string of the molecule is C[C@H](Sc1nc2ccccc2c(=O)n1-c1ccccc1F)c1nnc(-c2cccs2)o1. The molecule has 3 heterocycles. The van der Waals surface area contributed by atoms with Crippen molar-refractivity contribution in [3.63, 3.8) is 0 Å². The summed E-state index contributed by atoms with van der Waals surface area (Å²) in [6.07, 6.45) is 0. The summed E-state index contributed by atoms with van der Waals surface area (Å²) in [7, 11) is 0. The van der Waals surface area contributed by atoms with Crippen LogP contribution in [-0.2, 0) is 0 Å². The third kappa shape index (κ3) is 3.66. The molecule has 0 unspecified atom stereocenters. The van der Waals surface area contributed by atoms with E-state index in [1.165, 1.54) is 33.7 Å². The Morgan fingerprint density at radius 3 is 2.68 bits per heavy atom. The Morgan fingerprint density at radius 2 is 1.87 bits per heavy atom. The molecule has 5 rings (SSSR count). The van der Waals surface area contributed by atoms with Crippen molar-refractivity contribution in [2.75, 3.05) is 0 Å². The van der Waals surface area contributed by atoms with E-state index in [1.54, 1.807) is 36.4 Å². The average molecular weight is 451 g/mol. The molecule has 3 aromatic heterocycles. The molecule has 9 heteroatoms. The number of thiophene rings is 1. The average Bonchev–Trinajstić information content (AvgIpc) is 3.47. The molecule has 154 valence electrons. The molecule has 0 N–H and O–H groups in total. The van der Waals surface area contributed by atoms with Crippen LogP contribution in [0.4, 0.5) is 4.39 Å². The van der Waals surface area contributed by atoms with Gasteiger partial charge < -0.3 is 4.42 Å². The normalized spacial score (nSPS) is 12.3. The highest BCUT2D eigenvalue weighted by molar-refractivity contribution is 7.99. The van der Waals surface area contributed by atoms with Gasteiger partial charge in [-0.15, -0.1) is 21.5 Å². The minimum atomic E-state index is -0.506. The van der Waals surface area contributed by atoms with Gasteiger partial charge in [0.05, 0.1) is 26.7 Å². The number of hydrogen-bond acceptors (Lipinski definition) is 7. The third-order valence-electron chi connectivity index (χ3n) is 4.64. The van der Waals surface area contributed by atoms with Crippen molar-refractivity contribution < 1.29 is 8.81 Å². The molecule has 2 aromatic carbocycles. The summed E-state index contributed by atoms with van der Waals surface area (Å²) in [5.41, 5.74) is 0.347. The molecule has 0 saturated carbocycles. The Bertz CT molecular complexity index is 1430. The molecule has 6 nitrogen and oxygen atoms in total. The smallest absolute Gasteiger partial charge is 0.266 e. The molecule has 0 aliphatic rings. The number of thioether (sulfide) groups is 1. The summed E-state index contributed by atoms with van der Waals surface area (Å²) in [6, 6.07) is 17.0. The van der Waals surface area contributed by atoms with E-state index in [4.69, 9.17) is 4.42 Å². The highest BCUT2D eigenvalue weighted by atomic mass is 32.2. The first-order chi connectivity index (χ1) is 15.1. The monoisotopic (exact) mass is 450 g/mol. The maximum Gasteiger partial charge on any atom is 0.266 e. The van der Waals surface area contributed by atoms with Gasteiger partial charge in [0.1, 0.15) is 5.82 Å². The van der Waals surface area contributed by atoms with Crippen molar-refractivity contribution in [3.8, 4) is 16.5 Å². The van der Waals surface area contributed by atoms with Crippen molar-refractivity contribution in [1.29, 1.82) is 0 Å². The molecule has 0 spiro atoms. The zero-order valence-corrected chi connectivity index (χ0v) is 17.9. The van der Waals surface area contributed by atoms with Crippen LogP contribution in [0.3, 0.4) is 0 Å². The molecule has 0 bridgehead atoms. The first-order valence-electron chi connectivity index (χ1n) is 9.42. The van der Waals surface area contributed by atoms with Gasteiger partial charge in [-0.25, -0.2) is 9.37 Å². The number of para-hydroxylation sites is 2. The fourth-order valence-corrected chi connectivity index (χ4v) is 4.74. The van der Waals surface area contributed by atoms with Gasteiger partial charge in [-0.2, -0.15) is 0 Å². The molecular weight excluding hydrogens is 435 g/mol. The largest absolute Gasteiger partial charge is 0.419 e. The summed E-state index contributed by atoms with van der Waals surface area (Å²) in [5.74, 6) is 0.334. The van der Waals surface area contributed by atoms with Crippen molar-refractivity contribution in [1.82, 2.24) is 19.7 Å². The van der Waals surface area contributed by atoms with Gasteiger partial charge in [-0.05, 0) is 42.6 Å². The van der Waals surface area contributed by atoms with E-state index in [9.17, 15) is 9.18 Å². The van der Waals surface area contributed by atoms with Crippen LogP contribution in [0, 0.1) is 5.82 Å². The number of rotatable bonds is 5. The summed E-state index contributed by atoms with van der Waals surface area (Å²) < 4.78 is 21.7. The van der Waals surface area contributed by atoms with E-state index < -0.39 is 5.82 Å². The minimum absolute atomic E-state index is 0.144. The highest BCUT2D eigenvalue weighted by Gasteiger charge is 2.22. The van der Waals surface area contributed by atoms with Crippen LogP contribution >= 0.6 is 23.1 Å². The minimum Gasteiger partial charge on any atom is -0.419 e. The van der Waals surface area contributed by atoms with E-state index >= 15 is 0 Å². The molecule has 0 fully saturated rings. The van der Waals surface area contributed by atoms with Gasteiger partial charge in [0, 0.05) is 0 Å². The Hall–Kier alpha value is -3.30. The Labute approximate surface area is 184 Å². The summed E-state index contributed by atoms with van der Waals surface area (Å²) in [5, 5.41) is 10.7. The fraction of sp³-hybridized carbons (Fsp3) is 0.0909. The van der Waals surface area contributed by atoms with Crippen LogP contribution < -0.4 is 5.56 Å². The van der Waals surface area contributed by atoms with Crippen molar-refractivity contribution >= 4 is 34.0 Å². The molecule has 0 amide bonds. The quantitative estimate of drug-likeness (QED) is 0.260. The van der Waals surface area contributed by atoms with Crippen molar-refractivity contribution in [2.24, 2.45) is 0 Å². The third-order valence-corrected chi connectivity index (χ3v) is 6.54. The number of halogens is 1. The summed E-state index contributed by atoms with van der Waals surface area (Å²) in [6.45, 7) is 1.88. The van der Waals surface area contributed by atoms with Gasteiger partial charge in [0.15, 0.2) is 5.16 Å². The topological polar surface area (TPSA) is 73.8 Å². The number of fused-ring (bicyclic) bond motifs is 1. The molecule has 1 atom stereocenters. The molecular formula is C22H15FN4O2S2. The summed E-state index contributed by atoms with van der Waals surface area (Å²) in [4.78, 5) is 18.8. The van der Waals surface area contributed by atoms with E-state index in [0.717, 1.165) is 4.88 Å². The van der Waals surface area contributed by atoms with E-state index in [0.29, 0.717) is 27.8 Å². The van der Waals surface area contributed by atoms with Gasteiger partial charge in [-0.1, -0.05) is 42.1 Å². The second kappa shape index (κ2) is 8.09. The molecule has 31 heavy (non-hydrogen) atoms. The Balaban J connectivity index is 1.60. The molecule has 0 aliphatic carbocycles. The second-order valence-electron chi connectivity index (χ2n) is 6.69. The van der Waals surface area contributed by atoms with Gasteiger partial charge in [0.25, 0.3) is 11.4 Å². The molecule has 0 aliphatic heterocycles. The van der Waals surface area contributed by atoms with Crippen molar-refractivity contribution in [2.45, 2.75) is 17.3 Å². The van der Waals surface area contributed by atoms with Gasteiger partial charge in [-0.3, -0.25) is 9.36 Å². The van der Waals surface area contributed by atoms with Crippen LogP contribution in [0.5, 0.6) is 0 Å². The lowest BCUT2D eigenvalue weighted by Gasteiger charge is -2.15. The zero-order chi connectivity index (χ0) is 21.4. The number of hydrogen-bond donors (Lipinski definition) is 0. The van der Waals surface area contributed by atoms with Gasteiger partial charge in [0.2, 0.25) is 5.89 Å². The second-order valence-corrected chi connectivity index (χ2v) is 8.94. The maximum absolute atomic E-state index is 14.6.